The number of anilines is 1. The number of aryl methyl sites for hydroxylation is 1. The number of halogens is 1. The summed E-state index contributed by atoms with van der Waals surface area (Å²) in [6, 6.07) is 8.91. The van der Waals surface area contributed by atoms with Crippen LogP contribution >= 0.6 is 0 Å². The normalized spacial score (nSPS) is 16.5. The molecule has 4 N–H and O–H groups in total. The lowest BCUT2D eigenvalue weighted by Gasteiger charge is -2.21. The molecule has 2 aromatic carbocycles. The Hall–Kier alpha value is -5.06. The quantitative estimate of drug-likeness (QED) is 0.105. The van der Waals surface area contributed by atoms with Crippen LogP contribution in [0.15, 0.2) is 51.9 Å². The van der Waals surface area contributed by atoms with Gasteiger partial charge in [-0.2, -0.15) is 14.8 Å². The van der Waals surface area contributed by atoms with Gasteiger partial charge in [-0.25, -0.2) is 9.18 Å². The molecule has 0 amide bonds. The van der Waals surface area contributed by atoms with E-state index in [1.807, 2.05) is 6.92 Å². The number of hydrogen-bond donors (Lipinski definition) is 4. The summed E-state index contributed by atoms with van der Waals surface area (Å²) in [5, 5.41) is 27.8. The lowest BCUT2D eigenvalue weighted by atomic mass is 10.0. The summed E-state index contributed by atoms with van der Waals surface area (Å²) in [6.07, 6.45) is 1.82. The maximum absolute atomic E-state index is 16.2. The molecule has 16 heteroatoms. The minimum absolute atomic E-state index is 0.0762. The monoisotopic (exact) mass is 622 g/mol. The molecule has 1 saturated heterocycles. The molecule has 6 rings (SSSR count). The van der Waals surface area contributed by atoms with E-state index in [-0.39, 0.29) is 42.8 Å². The number of aromatic amines is 2. The number of nitrogens with one attached hydrogen (secondary N) is 3. The number of nitrogens with zero attached hydrogens (tertiary/aromatic N) is 5. The van der Waals surface area contributed by atoms with E-state index in [1.165, 1.54) is 25.4 Å². The van der Waals surface area contributed by atoms with Crippen LogP contribution in [0.25, 0.3) is 17.2 Å². The number of aliphatic hydroxyl groups is 1. The SMILES string of the molecule is CCOC1(c2cn[nH]c2-n2nc(C(Nc3ccc(-c4noc(C)n4)cc3)c3cc(OC)cc(OCCCO)c3F)[nH]c2=O)CO1. The summed E-state index contributed by atoms with van der Waals surface area (Å²) in [6.45, 7) is 4.15. The van der Waals surface area contributed by atoms with E-state index in [0.717, 1.165) is 4.68 Å². The molecule has 2 atom stereocenters. The van der Waals surface area contributed by atoms with Crippen LogP contribution in [0.3, 0.4) is 0 Å². The number of epoxide rings is 1. The number of aliphatic hydroxyl groups excluding tert-OH is 1. The van der Waals surface area contributed by atoms with Crippen LogP contribution in [-0.2, 0) is 15.3 Å². The number of H-pyrrole nitrogens is 2. The fourth-order valence-corrected chi connectivity index (χ4v) is 4.82. The molecule has 1 aliphatic heterocycles. The fourth-order valence-electron chi connectivity index (χ4n) is 4.82. The highest BCUT2D eigenvalue weighted by molar-refractivity contribution is 5.60. The number of benzene rings is 2. The van der Waals surface area contributed by atoms with Gasteiger partial charge >= 0.3 is 5.69 Å². The van der Waals surface area contributed by atoms with Crippen LogP contribution in [0.2, 0.25) is 0 Å². The minimum atomic E-state index is -1.04. The van der Waals surface area contributed by atoms with Crippen LogP contribution in [-0.4, -0.2) is 73.7 Å². The number of ether oxygens (including phenoxy) is 4. The maximum Gasteiger partial charge on any atom is 0.349 e. The van der Waals surface area contributed by atoms with Gasteiger partial charge < -0.3 is 33.9 Å². The Morgan fingerprint density at radius 1 is 1.27 bits per heavy atom. The van der Waals surface area contributed by atoms with Crippen molar-refractivity contribution < 1.29 is 33.0 Å². The Kier molecular flexibility index (Phi) is 8.34. The molecule has 45 heavy (non-hydrogen) atoms. The predicted molar refractivity (Wildman–Crippen MR) is 156 cm³/mol. The fraction of sp³-hybridized carbons (Fsp3) is 0.345. The van der Waals surface area contributed by atoms with E-state index >= 15 is 4.39 Å². The molecule has 1 fully saturated rings. The summed E-state index contributed by atoms with van der Waals surface area (Å²) in [5.74, 6) is -0.354. The Bertz CT molecular complexity index is 1830. The number of rotatable bonds is 14. The van der Waals surface area contributed by atoms with E-state index in [0.29, 0.717) is 47.3 Å². The first kappa shape index (κ1) is 30.0. The van der Waals surface area contributed by atoms with Gasteiger partial charge in [0.2, 0.25) is 17.5 Å². The second-order valence-electron chi connectivity index (χ2n) is 10.1. The van der Waals surface area contributed by atoms with E-state index < -0.39 is 23.3 Å². The van der Waals surface area contributed by atoms with Crippen LogP contribution < -0.4 is 20.5 Å². The molecule has 3 aromatic heterocycles. The van der Waals surface area contributed by atoms with Crippen LogP contribution in [0.4, 0.5) is 10.1 Å². The molecule has 0 aliphatic carbocycles. The largest absolute Gasteiger partial charge is 0.497 e. The molecule has 2 unspecified atom stereocenters. The van der Waals surface area contributed by atoms with Gasteiger partial charge in [-0.05, 0) is 37.3 Å². The zero-order valence-corrected chi connectivity index (χ0v) is 24.7. The lowest BCUT2D eigenvalue weighted by Crippen LogP contribution is -2.22. The molecule has 5 aromatic rings. The van der Waals surface area contributed by atoms with Crippen molar-refractivity contribution in [2.45, 2.75) is 32.1 Å². The standard InChI is InChI=1S/C29H31FN8O7/c1-4-43-29(15-44-29)21-14-31-35-27(21)38-28(40)34-26(36-38)24(20-12-19(41-3)13-22(23(20)30)42-11-5-10-39)33-18-8-6-17(7-9-18)25-32-16(2)45-37-25/h6-9,12-14,24,33,39H,4-5,10-11,15H2,1-3H3,(H,31,35)(H,34,36,40). The van der Waals surface area contributed by atoms with E-state index in [1.54, 1.807) is 31.2 Å². The van der Waals surface area contributed by atoms with Crippen molar-refractivity contribution in [2.24, 2.45) is 0 Å². The smallest absolute Gasteiger partial charge is 0.349 e. The Labute approximate surface area is 255 Å². The van der Waals surface area contributed by atoms with Gasteiger partial charge in [0.15, 0.2) is 23.2 Å². The van der Waals surface area contributed by atoms with E-state index in [9.17, 15) is 9.90 Å². The molecule has 1 aliphatic rings. The molecular weight excluding hydrogens is 591 g/mol. The second-order valence-corrected chi connectivity index (χ2v) is 10.1. The van der Waals surface area contributed by atoms with Crippen molar-refractivity contribution in [1.82, 2.24) is 35.1 Å². The Morgan fingerprint density at radius 3 is 2.73 bits per heavy atom. The van der Waals surface area contributed by atoms with Gasteiger partial charge in [0, 0.05) is 49.4 Å². The summed E-state index contributed by atoms with van der Waals surface area (Å²) < 4.78 is 44.7. The van der Waals surface area contributed by atoms with Crippen molar-refractivity contribution in [2.75, 3.05) is 38.9 Å². The molecule has 15 nitrogen and oxygen atoms in total. The van der Waals surface area contributed by atoms with Crippen molar-refractivity contribution in [3.63, 3.8) is 0 Å². The van der Waals surface area contributed by atoms with Gasteiger partial charge in [0.05, 0.1) is 25.5 Å². The first-order valence-corrected chi connectivity index (χ1v) is 14.2. The van der Waals surface area contributed by atoms with Crippen LogP contribution in [0.1, 0.15) is 42.2 Å². The topological polar surface area (TPSA) is 191 Å². The third-order valence-corrected chi connectivity index (χ3v) is 7.06. The Morgan fingerprint density at radius 2 is 2.07 bits per heavy atom. The van der Waals surface area contributed by atoms with Gasteiger partial charge in [0.1, 0.15) is 18.4 Å². The van der Waals surface area contributed by atoms with E-state index in [2.05, 4.69) is 35.7 Å². The third-order valence-electron chi connectivity index (χ3n) is 7.06. The lowest BCUT2D eigenvalue weighted by molar-refractivity contribution is -0.0416. The predicted octanol–water partition coefficient (Wildman–Crippen LogP) is 2.97. The molecule has 0 radical (unpaired) electrons. The summed E-state index contributed by atoms with van der Waals surface area (Å²) in [7, 11) is 1.44. The van der Waals surface area contributed by atoms with Crippen molar-refractivity contribution in [3.8, 4) is 28.7 Å². The van der Waals surface area contributed by atoms with Crippen molar-refractivity contribution in [3.05, 3.63) is 81.7 Å². The zero-order chi connectivity index (χ0) is 31.6. The highest BCUT2D eigenvalue weighted by atomic mass is 19.1. The summed E-state index contributed by atoms with van der Waals surface area (Å²) in [4.78, 5) is 20.3. The molecule has 0 spiro atoms. The van der Waals surface area contributed by atoms with Gasteiger partial charge in [0.25, 0.3) is 0 Å². The number of hydrogen-bond acceptors (Lipinski definition) is 12. The van der Waals surface area contributed by atoms with Gasteiger partial charge in [-0.1, -0.05) is 5.16 Å². The molecular formula is C29H31FN8O7. The first-order valence-electron chi connectivity index (χ1n) is 14.2. The van der Waals surface area contributed by atoms with Gasteiger partial charge in [-0.3, -0.25) is 10.1 Å². The van der Waals surface area contributed by atoms with Crippen LogP contribution in [0, 0.1) is 12.7 Å². The highest BCUT2D eigenvalue weighted by Crippen LogP contribution is 2.42. The molecule has 236 valence electrons. The molecule has 0 saturated carbocycles. The van der Waals surface area contributed by atoms with Crippen molar-refractivity contribution >= 4 is 5.69 Å². The first-order chi connectivity index (χ1) is 21.9. The number of methoxy groups -OCH3 is 1. The minimum Gasteiger partial charge on any atom is -0.497 e. The average Bonchev–Trinajstić information content (AvgIpc) is 3.35. The maximum atomic E-state index is 16.2. The van der Waals surface area contributed by atoms with Gasteiger partial charge in [-0.15, -0.1) is 5.10 Å². The zero-order valence-electron chi connectivity index (χ0n) is 24.7. The summed E-state index contributed by atoms with van der Waals surface area (Å²) in [5.41, 5.74) is 1.23. The Balaban J connectivity index is 1.42. The second kappa shape index (κ2) is 12.5. The average molecular weight is 623 g/mol. The van der Waals surface area contributed by atoms with Crippen LogP contribution in [0.5, 0.6) is 11.5 Å². The molecule has 0 bridgehead atoms. The molecule has 4 heterocycles. The summed E-state index contributed by atoms with van der Waals surface area (Å²) >= 11 is 0. The highest BCUT2D eigenvalue weighted by Gasteiger charge is 2.51. The third kappa shape index (κ3) is 6.02. The number of aromatic nitrogens is 7. The van der Waals surface area contributed by atoms with Crippen molar-refractivity contribution in [1.29, 1.82) is 0 Å². The van der Waals surface area contributed by atoms with E-state index in [4.69, 9.17) is 23.5 Å².